The van der Waals surface area contributed by atoms with Crippen LogP contribution in [0.4, 0.5) is 5.82 Å². The highest BCUT2D eigenvalue weighted by atomic mass is 15.0. The number of aliphatic imine (C=N–C) groups is 1. The van der Waals surface area contributed by atoms with Crippen molar-refractivity contribution in [2.24, 2.45) is 12.0 Å². The highest BCUT2D eigenvalue weighted by molar-refractivity contribution is 5.99. The first kappa shape index (κ1) is 11.2. The second-order valence-electron chi connectivity index (χ2n) is 5.42. The standard InChI is InChI=1S/C15H17N3/c1-10-15(2,3)12-8-11(9-16-14(12)17-10)13-6-5-7-18(13)4/h5-9H,1-4H3. The molecule has 0 radical (unpaired) electrons. The summed E-state index contributed by atoms with van der Waals surface area (Å²) in [5, 5.41) is 0. The van der Waals surface area contributed by atoms with Gasteiger partial charge in [-0.25, -0.2) is 9.98 Å². The molecule has 18 heavy (non-hydrogen) atoms. The van der Waals surface area contributed by atoms with Crippen LogP contribution in [0.2, 0.25) is 0 Å². The van der Waals surface area contributed by atoms with Crippen molar-refractivity contribution in [1.82, 2.24) is 9.55 Å². The number of nitrogens with zero attached hydrogens (tertiary/aromatic N) is 3. The van der Waals surface area contributed by atoms with E-state index in [1.807, 2.05) is 6.20 Å². The van der Waals surface area contributed by atoms with Crippen molar-refractivity contribution in [2.45, 2.75) is 26.2 Å². The number of hydrogen-bond acceptors (Lipinski definition) is 2. The third kappa shape index (κ3) is 1.43. The van der Waals surface area contributed by atoms with Crippen molar-refractivity contribution in [3.63, 3.8) is 0 Å². The molecule has 0 N–H and O–H groups in total. The molecule has 0 saturated heterocycles. The SMILES string of the molecule is CC1=Nc2ncc(-c3cccn3C)cc2C1(C)C. The molecule has 0 aliphatic carbocycles. The quantitative estimate of drug-likeness (QED) is 0.749. The average molecular weight is 239 g/mol. The minimum atomic E-state index is -0.0104. The van der Waals surface area contributed by atoms with Gasteiger partial charge in [0.2, 0.25) is 0 Å². The summed E-state index contributed by atoms with van der Waals surface area (Å²) in [6.07, 6.45) is 3.96. The van der Waals surface area contributed by atoms with Crippen molar-refractivity contribution in [2.75, 3.05) is 0 Å². The molecular formula is C15H17N3. The van der Waals surface area contributed by atoms with Gasteiger partial charge in [0.15, 0.2) is 5.82 Å². The van der Waals surface area contributed by atoms with Crippen LogP contribution in [0, 0.1) is 0 Å². The molecule has 2 aromatic rings. The summed E-state index contributed by atoms with van der Waals surface area (Å²) in [6.45, 7) is 6.48. The Balaban J connectivity index is 2.16. The molecule has 3 rings (SSSR count). The van der Waals surface area contributed by atoms with Crippen molar-refractivity contribution in [3.8, 4) is 11.3 Å². The van der Waals surface area contributed by atoms with E-state index in [1.165, 1.54) is 11.3 Å². The molecule has 92 valence electrons. The van der Waals surface area contributed by atoms with Gasteiger partial charge < -0.3 is 4.57 Å². The van der Waals surface area contributed by atoms with E-state index in [0.717, 1.165) is 17.1 Å². The molecule has 0 atom stereocenters. The molecule has 0 saturated carbocycles. The van der Waals surface area contributed by atoms with E-state index >= 15 is 0 Å². The highest BCUT2D eigenvalue weighted by Crippen LogP contribution is 2.40. The predicted octanol–water partition coefficient (Wildman–Crippen LogP) is 3.47. The van der Waals surface area contributed by atoms with E-state index in [0.29, 0.717) is 0 Å². The molecule has 0 aromatic carbocycles. The maximum atomic E-state index is 4.55. The lowest BCUT2D eigenvalue weighted by molar-refractivity contribution is 0.731. The second-order valence-corrected chi connectivity index (χ2v) is 5.42. The Labute approximate surface area is 107 Å². The normalized spacial score (nSPS) is 16.6. The largest absolute Gasteiger partial charge is 0.351 e. The Bertz CT molecular complexity index is 648. The van der Waals surface area contributed by atoms with Crippen molar-refractivity contribution in [1.29, 1.82) is 0 Å². The maximum absolute atomic E-state index is 4.55. The van der Waals surface area contributed by atoms with Crippen LogP contribution in [0.1, 0.15) is 26.3 Å². The Morgan fingerprint density at radius 3 is 2.72 bits per heavy atom. The lowest BCUT2D eigenvalue weighted by Gasteiger charge is -2.20. The van der Waals surface area contributed by atoms with Crippen molar-refractivity contribution in [3.05, 3.63) is 36.2 Å². The highest BCUT2D eigenvalue weighted by Gasteiger charge is 2.33. The summed E-state index contributed by atoms with van der Waals surface area (Å²) in [5.41, 5.74) is 4.68. The van der Waals surface area contributed by atoms with Crippen LogP contribution in [-0.4, -0.2) is 15.3 Å². The van der Waals surface area contributed by atoms with E-state index in [2.05, 4.69) is 66.8 Å². The van der Waals surface area contributed by atoms with Gasteiger partial charge in [-0.1, -0.05) is 13.8 Å². The fourth-order valence-corrected chi connectivity index (χ4v) is 2.40. The lowest BCUT2D eigenvalue weighted by Crippen LogP contribution is -2.22. The predicted molar refractivity (Wildman–Crippen MR) is 74.4 cm³/mol. The first-order chi connectivity index (χ1) is 8.50. The fourth-order valence-electron chi connectivity index (χ4n) is 2.40. The Kier molecular flexibility index (Phi) is 2.21. The monoisotopic (exact) mass is 239 g/mol. The lowest BCUT2D eigenvalue weighted by atomic mass is 9.82. The Morgan fingerprint density at radius 1 is 1.28 bits per heavy atom. The molecule has 3 nitrogen and oxygen atoms in total. The van der Waals surface area contributed by atoms with Gasteiger partial charge in [0.1, 0.15) is 0 Å². The van der Waals surface area contributed by atoms with Crippen LogP contribution >= 0.6 is 0 Å². The van der Waals surface area contributed by atoms with Gasteiger partial charge in [0.05, 0.1) is 0 Å². The van der Waals surface area contributed by atoms with E-state index in [1.54, 1.807) is 0 Å². The van der Waals surface area contributed by atoms with Gasteiger partial charge in [0.25, 0.3) is 0 Å². The van der Waals surface area contributed by atoms with Crippen LogP contribution in [0.3, 0.4) is 0 Å². The average Bonchev–Trinajstić information content (AvgIpc) is 2.83. The number of fused-ring (bicyclic) bond motifs is 1. The molecule has 0 unspecified atom stereocenters. The topological polar surface area (TPSA) is 30.2 Å². The third-order valence-electron chi connectivity index (χ3n) is 3.96. The van der Waals surface area contributed by atoms with Gasteiger partial charge in [-0.3, -0.25) is 0 Å². The van der Waals surface area contributed by atoms with E-state index in [-0.39, 0.29) is 5.41 Å². The summed E-state index contributed by atoms with van der Waals surface area (Å²) in [5.74, 6) is 0.871. The zero-order chi connectivity index (χ0) is 12.9. The zero-order valence-electron chi connectivity index (χ0n) is 11.2. The van der Waals surface area contributed by atoms with Crippen LogP contribution < -0.4 is 0 Å². The molecule has 2 aromatic heterocycles. The molecule has 0 amide bonds. The first-order valence-electron chi connectivity index (χ1n) is 6.18. The van der Waals surface area contributed by atoms with Gasteiger partial charge in [-0.15, -0.1) is 0 Å². The van der Waals surface area contributed by atoms with E-state index < -0.39 is 0 Å². The summed E-state index contributed by atoms with van der Waals surface area (Å²) < 4.78 is 2.11. The second kappa shape index (κ2) is 3.55. The molecular weight excluding hydrogens is 222 g/mol. The van der Waals surface area contributed by atoms with Crippen LogP contribution in [-0.2, 0) is 12.5 Å². The van der Waals surface area contributed by atoms with Crippen molar-refractivity contribution < 1.29 is 0 Å². The molecule has 1 aliphatic rings. The van der Waals surface area contributed by atoms with Gasteiger partial charge in [0, 0.05) is 47.4 Å². The van der Waals surface area contributed by atoms with Crippen molar-refractivity contribution >= 4 is 11.5 Å². The molecule has 3 heteroatoms. The molecule has 0 fully saturated rings. The van der Waals surface area contributed by atoms with Gasteiger partial charge >= 0.3 is 0 Å². The maximum Gasteiger partial charge on any atom is 0.155 e. The minimum absolute atomic E-state index is 0.0104. The molecule has 1 aliphatic heterocycles. The number of rotatable bonds is 1. The Hall–Kier alpha value is -1.90. The third-order valence-corrected chi connectivity index (χ3v) is 3.96. The van der Waals surface area contributed by atoms with Crippen LogP contribution in [0.15, 0.2) is 35.6 Å². The number of hydrogen-bond donors (Lipinski definition) is 0. The first-order valence-corrected chi connectivity index (χ1v) is 6.18. The Morgan fingerprint density at radius 2 is 2.06 bits per heavy atom. The summed E-state index contributed by atoms with van der Waals surface area (Å²) >= 11 is 0. The summed E-state index contributed by atoms with van der Waals surface area (Å²) in [7, 11) is 2.05. The number of aryl methyl sites for hydroxylation is 1. The van der Waals surface area contributed by atoms with E-state index in [9.17, 15) is 0 Å². The van der Waals surface area contributed by atoms with Crippen LogP contribution in [0.25, 0.3) is 11.3 Å². The van der Waals surface area contributed by atoms with E-state index in [4.69, 9.17) is 0 Å². The summed E-state index contributed by atoms with van der Waals surface area (Å²) in [6, 6.07) is 6.38. The van der Waals surface area contributed by atoms with Crippen LogP contribution in [0.5, 0.6) is 0 Å². The van der Waals surface area contributed by atoms with Gasteiger partial charge in [-0.05, 0) is 25.1 Å². The molecule has 3 heterocycles. The summed E-state index contributed by atoms with van der Waals surface area (Å²) in [4.78, 5) is 9.05. The zero-order valence-corrected chi connectivity index (χ0v) is 11.2. The molecule has 0 spiro atoms. The molecule has 0 bridgehead atoms. The number of pyridine rings is 1. The fraction of sp³-hybridized carbons (Fsp3) is 0.333. The minimum Gasteiger partial charge on any atom is -0.351 e. The number of aromatic nitrogens is 2. The van der Waals surface area contributed by atoms with Gasteiger partial charge in [-0.2, -0.15) is 0 Å². The smallest absolute Gasteiger partial charge is 0.155 e.